The Morgan fingerprint density at radius 1 is 1.10 bits per heavy atom. The topological polar surface area (TPSA) is 29.5 Å². The molecule has 0 spiro atoms. The first-order valence-corrected chi connectivity index (χ1v) is 6.02. The van der Waals surface area contributed by atoms with Crippen LogP contribution in [0.2, 0.25) is 0 Å². The largest absolute Gasteiger partial charge is 0.494 e. The molecular weight excluding hydrogens is 288 g/mol. The number of aliphatic hydroxyl groups is 1. The molecule has 0 aromatic heterocycles. The van der Waals surface area contributed by atoms with Gasteiger partial charge >= 0.3 is 6.18 Å². The summed E-state index contributed by atoms with van der Waals surface area (Å²) < 4.78 is 57.1. The molecule has 6 heteroatoms. The van der Waals surface area contributed by atoms with Gasteiger partial charge in [0.1, 0.15) is 6.10 Å². The van der Waals surface area contributed by atoms with E-state index in [1.165, 1.54) is 31.4 Å². The van der Waals surface area contributed by atoms with Crippen LogP contribution >= 0.6 is 0 Å². The van der Waals surface area contributed by atoms with E-state index in [4.69, 9.17) is 4.74 Å². The Kier molecular flexibility index (Phi) is 4.18. The summed E-state index contributed by atoms with van der Waals surface area (Å²) in [6, 6.07) is 8.18. The fourth-order valence-electron chi connectivity index (χ4n) is 2.03. The molecule has 0 aliphatic heterocycles. The molecule has 2 aromatic carbocycles. The van der Waals surface area contributed by atoms with Gasteiger partial charge in [0.2, 0.25) is 0 Å². The summed E-state index contributed by atoms with van der Waals surface area (Å²) in [5.41, 5.74) is -1.26. The van der Waals surface area contributed by atoms with Gasteiger partial charge in [0, 0.05) is 0 Å². The second-order valence-corrected chi connectivity index (χ2v) is 4.38. The fraction of sp³-hybridized carbons (Fsp3) is 0.200. The summed E-state index contributed by atoms with van der Waals surface area (Å²) in [7, 11) is 1.27. The number of rotatable bonds is 3. The van der Waals surface area contributed by atoms with Crippen LogP contribution in [0, 0.1) is 5.82 Å². The molecule has 0 saturated carbocycles. The van der Waals surface area contributed by atoms with E-state index in [9.17, 15) is 22.7 Å². The molecule has 2 aromatic rings. The molecular formula is C15H12F4O2. The summed E-state index contributed by atoms with van der Waals surface area (Å²) >= 11 is 0. The number of ether oxygens (including phenoxy) is 1. The molecule has 0 amide bonds. The summed E-state index contributed by atoms with van der Waals surface area (Å²) in [6.07, 6.45) is -6.17. The van der Waals surface area contributed by atoms with Gasteiger partial charge in [0.25, 0.3) is 0 Å². The van der Waals surface area contributed by atoms with Crippen LogP contribution in [0.3, 0.4) is 0 Å². The highest BCUT2D eigenvalue weighted by molar-refractivity contribution is 5.39. The number of halogens is 4. The van der Waals surface area contributed by atoms with E-state index < -0.39 is 23.7 Å². The Labute approximate surface area is 118 Å². The molecule has 0 fully saturated rings. The Balaban J connectivity index is 2.45. The van der Waals surface area contributed by atoms with Gasteiger partial charge in [-0.2, -0.15) is 13.2 Å². The van der Waals surface area contributed by atoms with Gasteiger partial charge in [-0.05, 0) is 29.3 Å². The molecule has 0 heterocycles. The minimum Gasteiger partial charge on any atom is -0.494 e. The predicted octanol–water partition coefficient (Wildman–Crippen LogP) is 3.93. The first-order valence-electron chi connectivity index (χ1n) is 6.02. The smallest absolute Gasteiger partial charge is 0.416 e. The lowest BCUT2D eigenvalue weighted by atomic mass is 9.96. The Hall–Kier alpha value is -2.08. The molecule has 0 aliphatic carbocycles. The molecule has 0 aliphatic rings. The molecule has 1 atom stereocenters. The highest BCUT2D eigenvalue weighted by atomic mass is 19.4. The minimum absolute atomic E-state index is 0.0185. The number of hydrogen-bond donors (Lipinski definition) is 1. The average molecular weight is 300 g/mol. The zero-order valence-corrected chi connectivity index (χ0v) is 11.0. The second-order valence-electron chi connectivity index (χ2n) is 4.38. The van der Waals surface area contributed by atoms with Crippen molar-refractivity contribution in [1.82, 2.24) is 0 Å². The van der Waals surface area contributed by atoms with Gasteiger partial charge in [-0.3, -0.25) is 0 Å². The third-order valence-electron chi connectivity index (χ3n) is 3.05. The van der Waals surface area contributed by atoms with Crippen LogP contribution in [0.4, 0.5) is 17.6 Å². The number of alkyl halides is 3. The van der Waals surface area contributed by atoms with E-state index >= 15 is 0 Å². The van der Waals surface area contributed by atoms with E-state index in [1.807, 2.05) is 0 Å². The van der Waals surface area contributed by atoms with Crippen molar-refractivity contribution in [3.8, 4) is 5.75 Å². The SMILES string of the molecule is COc1ccc(C(O)c2ccccc2C(F)(F)F)cc1F. The molecule has 0 radical (unpaired) electrons. The van der Waals surface area contributed by atoms with Gasteiger partial charge in [0.15, 0.2) is 11.6 Å². The van der Waals surface area contributed by atoms with E-state index in [0.29, 0.717) is 0 Å². The van der Waals surface area contributed by atoms with Crippen molar-refractivity contribution < 1.29 is 27.4 Å². The van der Waals surface area contributed by atoms with Crippen LogP contribution in [0.25, 0.3) is 0 Å². The van der Waals surface area contributed by atoms with E-state index in [1.54, 1.807) is 0 Å². The minimum atomic E-state index is -4.59. The van der Waals surface area contributed by atoms with Crippen LogP contribution in [0.15, 0.2) is 42.5 Å². The van der Waals surface area contributed by atoms with E-state index in [2.05, 4.69) is 0 Å². The van der Waals surface area contributed by atoms with Crippen LogP contribution in [-0.4, -0.2) is 12.2 Å². The number of hydrogen-bond acceptors (Lipinski definition) is 2. The summed E-state index contributed by atoms with van der Waals surface area (Å²) in [6.45, 7) is 0. The van der Waals surface area contributed by atoms with Gasteiger partial charge in [0.05, 0.1) is 12.7 Å². The highest BCUT2D eigenvalue weighted by Crippen LogP contribution is 2.36. The van der Waals surface area contributed by atoms with Crippen molar-refractivity contribution in [3.63, 3.8) is 0 Å². The van der Waals surface area contributed by atoms with Gasteiger partial charge in [-0.25, -0.2) is 4.39 Å². The first kappa shape index (κ1) is 15.3. The summed E-state index contributed by atoms with van der Waals surface area (Å²) in [5, 5.41) is 10.1. The standard InChI is InChI=1S/C15H12F4O2/c1-21-13-7-6-9(8-12(13)16)14(20)10-4-2-3-5-11(10)15(17,18)19/h2-8,14,20H,1H3. The molecule has 1 unspecified atom stereocenters. The maximum atomic E-state index is 13.6. The maximum Gasteiger partial charge on any atom is 0.416 e. The van der Waals surface area contributed by atoms with Crippen molar-refractivity contribution in [2.24, 2.45) is 0 Å². The van der Waals surface area contributed by atoms with Gasteiger partial charge in [-0.1, -0.05) is 24.3 Å². The van der Waals surface area contributed by atoms with Crippen molar-refractivity contribution in [3.05, 3.63) is 65.0 Å². The lowest BCUT2D eigenvalue weighted by Crippen LogP contribution is -2.12. The van der Waals surface area contributed by atoms with Crippen LogP contribution in [0.1, 0.15) is 22.8 Å². The molecule has 2 nitrogen and oxygen atoms in total. The Bertz CT molecular complexity index is 638. The van der Waals surface area contributed by atoms with E-state index in [0.717, 1.165) is 18.2 Å². The van der Waals surface area contributed by atoms with Gasteiger partial charge < -0.3 is 9.84 Å². The molecule has 0 saturated heterocycles. The quantitative estimate of drug-likeness (QED) is 0.870. The molecule has 1 N–H and O–H groups in total. The fourth-order valence-corrected chi connectivity index (χ4v) is 2.03. The highest BCUT2D eigenvalue weighted by Gasteiger charge is 2.35. The third-order valence-corrected chi connectivity index (χ3v) is 3.05. The predicted molar refractivity (Wildman–Crippen MR) is 68.5 cm³/mol. The number of aliphatic hydroxyl groups excluding tert-OH is 1. The van der Waals surface area contributed by atoms with E-state index in [-0.39, 0.29) is 16.9 Å². The zero-order valence-electron chi connectivity index (χ0n) is 11.0. The molecule has 0 bridgehead atoms. The average Bonchev–Trinajstić information content (AvgIpc) is 2.45. The summed E-state index contributed by atoms with van der Waals surface area (Å²) in [5.74, 6) is -0.798. The zero-order chi connectivity index (χ0) is 15.6. The van der Waals surface area contributed by atoms with Crippen molar-refractivity contribution in [1.29, 1.82) is 0 Å². The normalized spacial score (nSPS) is 13.0. The molecule has 112 valence electrons. The molecule has 21 heavy (non-hydrogen) atoms. The molecule has 2 rings (SSSR count). The lowest BCUT2D eigenvalue weighted by Gasteiger charge is -2.18. The lowest BCUT2D eigenvalue weighted by molar-refractivity contribution is -0.139. The third kappa shape index (κ3) is 3.16. The Morgan fingerprint density at radius 2 is 1.76 bits per heavy atom. The summed E-state index contributed by atoms with van der Waals surface area (Å²) in [4.78, 5) is 0. The van der Waals surface area contributed by atoms with Crippen LogP contribution in [0.5, 0.6) is 5.75 Å². The monoisotopic (exact) mass is 300 g/mol. The van der Waals surface area contributed by atoms with Crippen molar-refractivity contribution >= 4 is 0 Å². The first-order chi connectivity index (χ1) is 9.84. The van der Waals surface area contributed by atoms with Crippen molar-refractivity contribution in [2.45, 2.75) is 12.3 Å². The number of benzene rings is 2. The Morgan fingerprint density at radius 3 is 2.33 bits per heavy atom. The van der Waals surface area contributed by atoms with Crippen LogP contribution < -0.4 is 4.74 Å². The number of methoxy groups -OCH3 is 1. The van der Waals surface area contributed by atoms with Crippen LogP contribution in [-0.2, 0) is 6.18 Å². The maximum absolute atomic E-state index is 13.6. The second kappa shape index (κ2) is 5.73. The van der Waals surface area contributed by atoms with Gasteiger partial charge in [-0.15, -0.1) is 0 Å². The van der Waals surface area contributed by atoms with Crippen molar-refractivity contribution in [2.75, 3.05) is 7.11 Å².